The predicted octanol–water partition coefficient (Wildman–Crippen LogP) is 1.81. The third-order valence-corrected chi connectivity index (χ3v) is 5.12. The summed E-state index contributed by atoms with van der Waals surface area (Å²) in [7, 11) is 0. The molecule has 0 bridgehead atoms. The van der Waals surface area contributed by atoms with E-state index in [1.165, 1.54) is 11.8 Å². The maximum atomic E-state index is 13.0. The van der Waals surface area contributed by atoms with Crippen molar-refractivity contribution in [1.29, 1.82) is 0 Å². The Labute approximate surface area is 147 Å². The van der Waals surface area contributed by atoms with Gasteiger partial charge in [0.1, 0.15) is 12.3 Å². The van der Waals surface area contributed by atoms with Crippen molar-refractivity contribution in [2.45, 2.75) is 31.8 Å². The summed E-state index contributed by atoms with van der Waals surface area (Å²) in [4.78, 5) is 40.2. The zero-order valence-corrected chi connectivity index (χ0v) is 15.1. The van der Waals surface area contributed by atoms with Crippen molar-refractivity contribution in [3.8, 4) is 0 Å². The standard InChI is InChI=1S/C18H24N2O3S/c1-4-7-13-10-20(17(22)15(13)5-2)16(12-24-3)18(23)19-9-6-8-14(19)11-21/h4-5,7,11,14,16H,2,6,8-10,12H2,1,3H3/b7-4-. The van der Waals surface area contributed by atoms with Crippen LogP contribution in [0.4, 0.5) is 0 Å². The lowest BCUT2D eigenvalue weighted by Crippen LogP contribution is -2.52. The molecule has 2 rings (SSSR count). The second-order valence-corrected chi connectivity index (χ2v) is 6.84. The second-order valence-electron chi connectivity index (χ2n) is 5.92. The van der Waals surface area contributed by atoms with Gasteiger partial charge in [0, 0.05) is 24.4 Å². The first kappa shape index (κ1) is 18.5. The normalized spacial score (nSPS) is 22.6. The Balaban J connectivity index is 2.25. The molecular weight excluding hydrogens is 324 g/mol. The summed E-state index contributed by atoms with van der Waals surface area (Å²) in [6.45, 7) is 6.61. The van der Waals surface area contributed by atoms with E-state index in [1.807, 2.05) is 25.3 Å². The Hall–Kier alpha value is -1.82. The molecule has 0 spiro atoms. The Morgan fingerprint density at radius 2 is 2.25 bits per heavy atom. The summed E-state index contributed by atoms with van der Waals surface area (Å²) in [5.74, 6) is 0.227. The highest BCUT2D eigenvalue weighted by atomic mass is 32.2. The summed E-state index contributed by atoms with van der Waals surface area (Å²) in [6, 6.07) is -0.910. The number of hydrogen-bond donors (Lipinski definition) is 0. The highest BCUT2D eigenvalue weighted by Crippen LogP contribution is 2.27. The lowest BCUT2D eigenvalue weighted by Gasteiger charge is -2.32. The molecule has 2 amide bonds. The van der Waals surface area contributed by atoms with Crippen LogP contribution in [0.5, 0.6) is 0 Å². The minimum atomic E-state index is -0.550. The zero-order valence-electron chi connectivity index (χ0n) is 14.2. The minimum absolute atomic E-state index is 0.127. The summed E-state index contributed by atoms with van der Waals surface area (Å²) >= 11 is 1.53. The lowest BCUT2D eigenvalue weighted by molar-refractivity contribution is -0.143. The quantitative estimate of drug-likeness (QED) is 0.659. The van der Waals surface area contributed by atoms with Crippen molar-refractivity contribution < 1.29 is 14.4 Å². The van der Waals surface area contributed by atoms with Crippen molar-refractivity contribution in [3.05, 3.63) is 36.0 Å². The molecule has 0 aromatic carbocycles. The van der Waals surface area contributed by atoms with Crippen LogP contribution in [0.25, 0.3) is 0 Å². The van der Waals surface area contributed by atoms with E-state index in [2.05, 4.69) is 6.58 Å². The molecular formula is C18H24N2O3S. The van der Waals surface area contributed by atoms with Crippen LogP contribution in [0.1, 0.15) is 19.8 Å². The number of carbonyl (C=O) groups excluding carboxylic acids is 3. The molecule has 5 nitrogen and oxygen atoms in total. The van der Waals surface area contributed by atoms with Gasteiger partial charge in [0.05, 0.1) is 6.04 Å². The van der Waals surface area contributed by atoms with Crippen LogP contribution in [-0.2, 0) is 14.4 Å². The number of aldehydes is 1. The summed E-state index contributed by atoms with van der Waals surface area (Å²) in [5, 5.41) is 0. The molecule has 2 aliphatic rings. The average Bonchev–Trinajstić information content (AvgIpc) is 3.17. The topological polar surface area (TPSA) is 57.7 Å². The third-order valence-electron chi connectivity index (χ3n) is 4.48. The largest absolute Gasteiger partial charge is 0.331 e. The number of thioether (sulfide) groups is 1. The second kappa shape index (κ2) is 8.33. The maximum Gasteiger partial charge on any atom is 0.255 e. The van der Waals surface area contributed by atoms with Crippen LogP contribution >= 0.6 is 11.8 Å². The van der Waals surface area contributed by atoms with Gasteiger partial charge in [-0.2, -0.15) is 11.8 Å². The third kappa shape index (κ3) is 3.48. The monoisotopic (exact) mass is 348 g/mol. The molecule has 2 aliphatic heterocycles. The first-order valence-corrected chi connectivity index (χ1v) is 9.52. The molecule has 24 heavy (non-hydrogen) atoms. The zero-order chi connectivity index (χ0) is 17.7. The first-order valence-electron chi connectivity index (χ1n) is 8.13. The molecule has 130 valence electrons. The van der Waals surface area contributed by atoms with Crippen LogP contribution in [0.15, 0.2) is 36.0 Å². The van der Waals surface area contributed by atoms with Crippen LogP contribution in [0, 0.1) is 0 Å². The van der Waals surface area contributed by atoms with Crippen molar-refractivity contribution in [2.75, 3.05) is 25.1 Å². The highest BCUT2D eigenvalue weighted by molar-refractivity contribution is 7.98. The molecule has 2 atom stereocenters. The van der Waals surface area contributed by atoms with Gasteiger partial charge in [-0.15, -0.1) is 0 Å². The van der Waals surface area contributed by atoms with Gasteiger partial charge in [0.25, 0.3) is 5.91 Å². The van der Waals surface area contributed by atoms with Gasteiger partial charge in [0.2, 0.25) is 5.91 Å². The van der Waals surface area contributed by atoms with E-state index in [1.54, 1.807) is 15.9 Å². The van der Waals surface area contributed by atoms with Crippen molar-refractivity contribution in [2.24, 2.45) is 0 Å². The number of allylic oxidation sites excluding steroid dienone is 1. The Morgan fingerprint density at radius 3 is 2.83 bits per heavy atom. The number of likely N-dealkylation sites (tertiary alicyclic amines) is 1. The Bertz CT molecular complexity index is 597. The SMILES string of the molecule is C=CC1=C(/C=C\C)CN(C(CSC)C(=O)N2CCCC2C=O)C1=O. The smallest absolute Gasteiger partial charge is 0.255 e. The van der Waals surface area contributed by atoms with E-state index in [-0.39, 0.29) is 17.9 Å². The van der Waals surface area contributed by atoms with E-state index < -0.39 is 6.04 Å². The Kier molecular flexibility index (Phi) is 6.43. The molecule has 2 heterocycles. The average molecular weight is 348 g/mol. The molecule has 0 radical (unpaired) electrons. The van der Waals surface area contributed by atoms with Gasteiger partial charge in [0.15, 0.2) is 0 Å². The van der Waals surface area contributed by atoms with Crippen molar-refractivity contribution in [3.63, 3.8) is 0 Å². The van der Waals surface area contributed by atoms with Gasteiger partial charge in [-0.1, -0.05) is 24.8 Å². The summed E-state index contributed by atoms with van der Waals surface area (Å²) < 4.78 is 0. The number of hydrogen-bond acceptors (Lipinski definition) is 4. The highest BCUT2D eigenvalue weighted by Gasteiger charge is 2.40. The van der Waals surface area contributed by atoms with E-state index in [0.29, 0.717) is 30.8 Å². The molecule has 1 fully saturated rings. The van der Waals surface area contributed by atoms with Gasteiger partial charge in [-0.3, -0.25) is 9.59 Å². The van der Waals surface area contributed by atoms with E-state index in [4.69, 9.17) is 0 Å². The number of rotatable bonds is 7. The van der Waals surface area contributed by atoms with Crippen molar-refractivity contribution >= 4 is 29.9 Å². The summed E-state index contributed by atoms with van der Waals surface area (Å²) in [6.07, 6.45) is 9.61. The minimum Gasteiger partial charge on any atom is -0.331 e. The number of nitrogens with zero attached hydrogens (tertiary/aromatic N) is 2. The fourth-order valence-electron chi connectivity index (χ4n) is 3.30. The first-order chi connectivity index (χ1) is 11.6. The molecule has 0 N–H and O–H groups in total. The van der Waals surface area contributed by atoms with E-state index in [9.17, 15) is 14.4 Å². The molecule has 0 aromatic heterocycles. The molecule has 0 saturated carbocycles. The molecule has 1 saturated heterocycles. The van der Waals surface area contributed by atoms with Crippen LogP contribution in [0.3, 0.4) is 0 Å². The van der Waals surface area contributed by atoms with Gasteiger partial charge < -0.3 is 14.6 Å². The lowest BCUT2D eigenvalue weighted by atomic mass is 10.1. The molecule has 0 aromatic rings. The summed E-state index contributed by atoms with van der Waals surface area (Å²) in [5.41, 5.74) is 1.44. The van der Waals surface area contributed by atoms with Crippen LogP contribution < -0.4 is 0 Å². The van der Waals surface area contributed by atoms with Crippen molar-refractivity contribution in [1.82, 2.24) is 9.80 Å². The molecule has 0 aliphatic carbocycles. The Morgan fingerprint density at radius 1 is 1.50 bits per heavy atom. The molecule has 2 unspecified atom stereocenters. The van der Waals surface area contributed by atoms with Crippen LogP contribution in [-0.4, -0.2) is 65.1 Å². The number of carbonyl (C=O) groups is 3. The van der Waals surface area contributed by atoms with Gasteiger partial charge in [-0.05, 0) is 31.6 Å². The maximum absolute atomic E-state index is 13.0. The van der Waals surface area contributed by atoms with Crippen LogP contribution in [0.2, 0.25) is 0 Å². The predicted molar refractivity (Wildman–Crippen MR) is 96.7 cm³/mol. The fraction of sp³-hybridized carbons (Fsp3) is 0.500. The van der Waals surface area contributed by atoms with Gasteiger partial charge in [-0.25, -0.2) is 0 Å². The fourth-order valence-corrected chi connectivity index (χ4v) is 3.94. The molecule has 6 heteroatoms. The van der Waals surface area contributed by atoms with E-state index >= 15 is 0 Å². The number of amides is 2. The van der Waals surface area contributed by atoms with E-state index in [0.717, 1.165) is 18.3 Å². The van der Waals surface area contributed by atoms with Gasteiger partial charge >= 0.3 is 0 Å².